The molecule has 1 aliphatic rings. The van der Waals surface area contributed by atoms with Crippen LogP contribution in [0, 0.1) is 0 Å². The minimum Gasteiger partial charge on any atom is -0.302 e. The number of thioether (sulfide) groups is 1. The number of pyridine rings is 1. The molecule has 0 radical (unpaired) electrons. The molecule has 7 heteroatoms. The number of rotatable bonds is 5. The number of hydrogen-bond acceptors (Lipinski definition) is 5. The molecule has 6 nitrogen and oxygen atoms in total. The lowest BCUT2D eigenvalue weighted by Gasteiger charge is -2.23. The van der Waals surface area contributed by atoms with Crippen molar-refractivity contribution in [3.05, 3.63) is 107 Å². The monoisotopic (exact) mass is 440 g/mol. The minimum atomic E-state index is -0.384. The van der Waals surface area contributed by atoms with Crippen LogP contribution in [0.4, 0.5) is 5.69 Å². The lowest BCUT2D eigenvalue weighted by Crippen LogP contribution is -2.37. The van der Waals surface area contributed by atoms with Crippen LogP contribution in [0.2, 0.25) is 0 Å². The van der Waals surface area contributed by atoms with E-state index in [2.05, 4.69) is 9.97 Å². The zero-order chi connectivity index (χ0) is 21.9. The molecule has 0 aliphatic carbocycles. The summed E-state index contributed by atoms with van der Waals surface area (Å²) in [5.41, 5.74) is 3.24. The number of aromatic nitrogens is 3. The molecule has 0 unspecified atom stereocenters. The fraction of sp³-hybridized carbons (Fsp3) is 0.120. The van der Waals surface area contributed by atoms with Crippen molar-refractivity contribution in [1.82, 2.24) is 14.5 Å². The molecule has 0 fully saturated rings. The van der Waals surface area contributed by atoms with Crippen molar-refractivity contribution in [3.63, 3.8) is 0 Å². The van der Waals surface area contributed by atoms with Crippen LogP contribution >= 0.6 is 11.8 Å². The van der Waals surface area contributed by atoms with Crippen LogP contribution in [-0.4, -0.2) is 26.2 Å². The summed E-state index contributed by atoms with van der Waals surface area (Å²) in [6.45, 7) is 0.810. The topological polar surface area (TPSA) is 68.1 Å². The first-order chi connectivity index (χ1) is 15.7. The average Bonchev–Trinajstić information content (AvgIpc) is 3.34. The first-order valence-corrected chi connectivity index (χ1v) is 11.3. The van der Waals surface area contributed by atoms with Gasteiger partial charge < -0.3 is 4.90 Å². The molecule has 1 amide bonds. The van der Waals surface area contributed by atoms with E-state index in [9.17, 15) is 9.59 Å². The Morgan fingerprint density at radius 1 is 0.969 bits per heavy atom. The Morgan fingerprint density at radius 3 is 2.59 bits per heavy atom. The van der Waals surface area contributed by atoms with Gasteiger partial charge in [0.15, 0.2) is 5.16 Å². The summed E-state index contributed by atoms with van der Waals surface area (Å²) in [6, 6.07) is 23.3. The Kier molecular flexibility index (Phi) is 5.56. The van der Waals surface area contributed by atoms with E-state index in [-0.39, 0.29) is 23.6 Å². The molecule has 4 aromatic rings. The van der Waals surface area contributed by atoms with Crippen molar-refractivity contribution in [2.45, 2.75) is 18.2 Å². The molecule has 0 saturated heterocycles. The maximum Gasteiger partial charge on any atom is 0.267 e. The zero-order valence-corrected chi connectivity index (χ0v) is 18.0. The van der Waals surface area contributed by atoms with Gasteiger partial charge in [-0.1, -0.05) is 60.3 Å². The summed E-state index contributed by atoms with van der Waals surface area (Å²) >= 11 is 1.53. The Labute approximate surface area is 189 Å². The molecule has 0 saturated carbocycles. The van der Waals surface area contributed by atoms with Gasteiger partial charge in [-0.15, -0.1) is 0 Å². The van der Waals surface area contributed by atoms with Crippen molar-refractivity contribution >= 4 is 23.4 Å². The Bertz CT molecular complexity index is 1320. The van der Waals surface area contributed by atoms with E-state index in [0.29, 0.717) is 17.4 Å². The average molecular weight is 441 g/mol. The van der Waals surface area contributed by atoms with Gasteiger partial charge in [-0.3, -0.25) is 19.1 Å². The molecule has 2 aromatic heterocycles. The molecule has 3 heterocycles. The predicted octanol–water partition coefficient (Wildman–Crippen LogP) is 4.26. The lowest BCUT2D eigenvalue weighted by molar-refractivity contribution is 0.0982. The molecule has 158 valence electrons. The van der Waals surface area contributed by atoms with E-state index in [1.807, 2.05) is 72.8 Å². The van der Waals surface area contributed by atoms with Crippen molar-refractivity contribution in [3.8, 4) is 11.1 Å². The highest BCUT2D eigenvalue weighted by molar-refractivity contribution is 7.99. The molecule has 32 heavy (non-hydrogen) atoms. The smallest absolute Gasteiger partial charge is 0.267 e. The van der Waals surface area contributed by atoms with E-state index in [0.717, 1.165) is 22.6 Å². The third kappa shape index (κ3) is 3.94. The highest BCUT2D eigenvalue weighted by atomic mass is 32.2. The van der Waals surface area contributed by atoms with Gasteiger partial charge in [0.2, 0.25) is 0 Å². The number of anilines is 1. The van der Waals surface area contributed by atoms with Gasteiger partial charge in [0.05, 0.1) is 12.2 Å². The number of benzene rings is 2. The first-order valence-electron chi connectivity index (χ1n) is 10.3. The number of fused-ring (bicyclic) bond motifs is 1. The van der Waals surface area contributed by atoms with E-state index < -0.39 is 0 Å². The number of nitrogens with zero attached hydrogens (tertiary/aromatic N) is 4. The van der Waals surface area contributed by atoms with E-state index in [1.54, 1.807) is 15.7 Å². The van der Waals surface area contributed by atoms with Crippen LogP contribution < -0.4 is 10.5 Å². The van der Waals surface area contributed by atoms with E-state index >= 15 is 0 Å². The summed E-state index contributed by atoms with van der Waals surface area (Å²) in [7, 11) is 0. The molecular formula is C25H20N4O2S. The Balaban J connectivity index is 1.58. The van der Waals surface area contributed by atoms with Gasteiger partial charge in [-0.05, 0) is 35.4 Å². The molecule has 1 aliphatic heterocycles. The normalized spacial score (nSPS) is 12.4. The Morgan fingerprint density at radius 2 is 1.78 bits per heavy atom. The van der Waals surface area contributed by atoms with Crippen LogP contribution in [0.3, 0.4) is 0 Å². The SMILES string of the molecule is O=C(c1cnc2n(c1=O)CCS2)N(Cc1ccccn1)c1cccc(-c2ccccc2)c1. The standard InChI is InChI=1S/C25H20N4O2S/c30-23-22(16-27-25-28(23)13-14-32-25)24(31)29(17-20-10-4-5-12-26-20)21-11-6-9-19(15-21)18-7-2-1-3-8-18/h1-12,15-16H,13-14,17H2. The largest absolute Gasteiger partial charge is 0.302 e. The number of hydrogen-bond donors (Lipinski definition) is 0. The number of carbonyl (C=O) groups is 1. The third-order valence-corrected chi connectivity index (χ3v) is 6.31. The summed E-state index contributed by atoms with van der Waals surface area (Å²) in [6.07, 6.45) is 3.10. The lowest BCUT2D eigenvalue weighted by atomic mass is 10.0. The van der Waals surface area contributed by atoms with Gasteiger partial charge in [0.1, 0.15) is 5.56 Å². The molecular weight excluding hydrogens is 420 g/mol. The molecule has 2 aromatic carbocycles. The van der Waals surface area contributed by atoms with Gasteiger partial charge in [-0.2, -0.15) is 0 Å². The predicted molar refractivity (Wildman–Crippen MR) is 126 cm³/mol. The molecule has 0 N–H and O–H groups in total. The summed E-state index contributed by atoms with van der Waals surface area (Å²) < 4.78 is 1.58. The maximum atomic E-state index is 13.7. The number of amides is 1. The highest BCUT2D eigenvalue weighted by Gasteiger charge is 2.25. The van der Waals surface area contributed by atoms with Gasteiger partial charge in [0.25, 0.3) is 11.5 Å². The second-order valence-electron chi connectivity index (χ2n) is 7.39. The second-order valence-corrected chi connectivity index (χ2v) is 8.45. The van der Waals surface area contributed by atoms with Gasteiger partial charge in [-0.25, -0.2) is 4.98 Å². The van der Waals surface area contributed by atoms with Crippen LogP contribution in [0.5, 0.6) is 0 Å². The van der Waals surface area contributed by atoms with E-state index in [4.69, 9.17) is 0 Å². The molecule has 0 bridgehead atoms. The van der Waals surface area contributed by atoms with Crippen LogP contribution in [0.25, 0.3) is 11.1 Å². The highest BCUT2D eigenvalue weighted by Crippen LogP contribution is 2.27. The summed E-state index contributed by atoms with van der Waals surface area (Å²) in [5.74, 6) is 0.405. The third-order valence-electron chi connectivity index (χ3n) is 5.34. The van der Waals surface area contributed by atoms with Crippen LogP contribution in [-0.2, 0) is 13.1 Å². The Hall–Kier alpha value is -3.71. The molecule has 0 atom stereocenters. The first kappa shape index (κ1) is 20.2. The fourth-order valence-corrected chi connectivity index (χ4v) is 4.64. The minimum absolute atomic E-state index is 0.0669. The van der Waals surface area contributed by atoms with Crippen molar-refractivity contribution in [2.75, 3.05) is 10.7 Å². The number of carbonyl (C=O) groups excluding carboxylic acids is 1. The van der Waals surface area contributed by atoms with E-state index in [1.165, 1.54) is 18.0 Å². The molecule has 5 rings (SSSR count). The van der Waals surface area contributed by atoms with Gasteiger partial charge >= 0.3 is 0 Å². The summed E-state index contributed by atoms with van der Waals surface area (Å²) in [4.78, 5) is 37.0. The second kappa shape index (κ2) is 8.80. The van der Waals surface area contributed by atoms with Crippen LogP contribution in [0.1, 0.15) is 16.1 Å². The van der Waals surface area contributed by atoms with Crippen LogP contribution in [0.15, 0.2) is 95.1 Å². The van der Waals surface area contributed by atoms with Crippen molar-refractivity contribution in [2.24, 2.45) is 0 Å². The van der Waals surface area contributed by atoms with Gasteiger partial charge in [0, 0.05) is 30.4 Å². The maximum absolute atomic E-state index is 13.7. The fourth-order valence-electron chi connectivity index (χ4n) is 3.73. The van der Waals surface area contributed by atoms with Crippen molar-refractivity contribution < 1.29 is 4.79 Å². The molecule has 0 spiro atoms. The summed E-state index contributed by atoms with van der Waals surface area (Å²) in [5, 5.41) is 0.661. The zero-order valence-electron chi connectivity index (χ0n) is 17.2. The quantitative estimate of drug-likeness (QED) is 0.434. The van der Waals surface area contributed by atoms with Crippen molar-refractivity contribution in [1.29, 1.82) is 0 Å².